The average Bonchev–Trinajstić information content (AvgIpc) is 2.37. The molecule has 2 rings (SSSR count). The molecule has 2 atom stereocenters. The molecule has 0 radical (unpaired) electrons. The predicted octanol–water partition coefficient (Wildman–Crippen LogP) is 4.99. The Morgan fingerprint density at radius 3 is 2.35 bits per heavy atom. The Kier molecular flexibility index (Phi) is 5.24. The van der Waals surface area contributed by atoms with E-state index in [2.05, 4.69) is 31.9 Å². The SMILES string of the molecule is Cc1cc(Br)ccc1OC(c1cccc(Br)c1)C(C)N. The molecule has 20 heavy (non-hydrogen) atoms. The van der Waals surface area contributed by atoms with E-state index in [9.17, 15) is 0 Å². The third-order valence-corrected chi connectivity index (χ3v) is 4.03. The van der Waals surface area contributed by atoms with E-state index in [1.165, 1.54) is 0 Å². The zero-order chi connectivity index (χ0) is 14.7. The summed E-state index contributed by atoms with van der Waals surface area (Å²) in [6.45, 7) is 3.99. The van der Waals surface area contributed by atoms with Crippen molar-refractivity contribution in [3.63, 3.8) is 0 Å². The Morgan fingerprint density at radius 2 is 1.75 bits per heavy atom. The molecule has 2 unspecified atom stereocenters. The monoisotopic (exact) mass is 397 g/mol. The van der Waals surface area contributed by atoms with Crippen molar-refractivity contribution < 1.29 is 4.74 Å². The second kappa shape index (κ2) is 6.74. The molecule has 2 aromatic carbocycles. The minimum atomic E-state index is -0.174. The minimum absolute atomic E-state index is 0.104. The molecular formula is C16H17Br2NO. The van der Waals surface area contributed by atoms with Gasteiger partial charge in [0, 0.05) is 15.0 Å². The van der Waals surface area contributed by atoms with Crippen molar-refractivity contribution in [1.29, 1.82) is 0 Å². The average molecular weight is 399 g/mol. The number of rotatable bonds is 4. The van der Waals surface area contributed by atoms with E-state index >= 15 is 0 Å². The zero-order valence-corrected chi connectivity index (χ0v) is 14.6. The predicted molar refractivity (Wildman–Crippen MR) is 90.0 cm³/mol. The van der Waals surface area contributed by atoms with Crippen LogP contribution in [0.3, 0.4) is 0 Å². The first-order chi connectivity index (χ1) is 9.47. The molecule has 0 aromatic heterocycles. The molecule has 0 saturated carbocycles. The maximum Gasteiger partial charge on any atom is 0.139 e. The van der Waals surface area contributed by atoms with Gasteiger partial charge in [0.15, 0.2) is 0 Å². The summed E-state index contributed by atoms with van der Waals surface area (Å²) < 4.78 is 8.20. The van der Waals surface area contributed by atoms with E-state index < -0.39 is 0 Å². The molecule has 0 fully saturated rings. The van der Waals surface area contributed by atoms with Crippen molar-refractivity contribution in [1.82, 2.24) is 0 Å². The maximum absolute atomic E-state index is 6.14. The number of aryl methyl sites for hydroxylation is 1. The van der Waals surface area contributed by atoms with E-state index in [4.69, 9.17) is 10.5 Å². The standard InChI is InChI=1S/C16H17Br2NO/c1-10-8-14(18)6-7-15(10)20-16(11(2)19)12-4-3-5-13(17)9-12/h3-9,11,16H,19H2,1-2H3. The fraction of sp³-hybridized carbons (Fsp3) is 0.250. The number of halogens is 2. The van der Waals surface area contributed by atoms with Crippen LogP contribution in [0.4, 0.5) is 0 Å². The molecule has 0 aliphatic rings. The van der Waals surface area contributed by atoms with Gasteiger partial charge in [-0.3, -0.25) is 0 Å². The molecule has 0 aliphatic heterocycles. The lowest BCUT2D eigenvalue weighted by atomic mass is 10.0. The second-order valence-electron chi connectivity index (χ2n) is 4.86. The van der Waals surface area contributed by atoms with Crippen LogP contribution < -0.4 is 10.5 Å². The van der Waals surface area contributed by atoms with Gasteiger partial charge in [0.25, 0.3) is 0 Å². The molecule has 0 bridgehead atoms. The number of hydrogen-bond acceptors (Lipinski definition) is 2. The number of ether oxygens (including phenoxy) is 1. The van der Waals surface area contributed by atoms with Crippen LogP contribution in [0, 0.1) is 6.92 Å². The number of nitrogens with two attached hydrogens (primary N) is 1. The van der Waals surface area contributed by atoms with E-state index in [0.717, 1.165) is 25.8 Å². The summed E-state index contributed by atoms with van der Waals surface area (Å²) in [5, 5.41) is 0. The van der Waals surface area contributed by atoms with E-state index in [1.807, 2.05) is 56.3 Å². The molecule has 2 aromatic rings. The smallest absolute Gasteiger partial charge is 0.139 e. The van der Waals surface area contributed by atoms with Gasteiger partial charge in [-0.1, -0.05) is 44.0 Å². The molecule has 0 aliphatic carbocycles. The van der Waals surface area contributed by atoms with Crippen LogP contribution in [0.15, 0.2) is 51.4 Å². The summed E-state index contributed by atoms with van der Waals surface area (Å²) >= 11 is 6.95. The Labute approximate surface area is 136 Å². The fourth-order valence-corrected chi connectivity index (χ4v) is 2.94. The first-order valence-electron chi connectivity index (χ1n) is 6.41. The summed E-state index contributed by atoms with van der Waals surface area (Å²) in [4.78, 5) is 0. The first-order valence-corrected chi connectivity index (χ1v) is 8.00. The van der Waals surface area contributed by atoms with Gasteiger partial charge >= 0.3 is 0 Å². The van der Waals surface area contributed by atoms with Crippen LogP contribution >= 0.6 is 31.9 Å². The molecular weight excluding hydrogens is 382 g/mol. The lowest BCUT2D eigenvalue weighted by Crippen LogP contribution is -2.29. The van der Waals surface area contributed by atoms with Crippen LogP contribution in [-0.2, 0) is 0 Å². The number of benzene rings is 2. The molecule has 0 amide bonds. The van der Waals surface area contributed by atoms with Gasteiger partial charge in [-0.05, 0) is 55.3 Å². The maximum atomic E-state index is 6.14. The Hall–Kier alpha value is -0.840. The highest BCUT2D eigenvalue weighted by Gasteiger charge is 2.19. The largest absolute Gasteiger partial charge is 0.484 e. The van der Waals surface area contributed by atoms with Crippen LogP contribution in [-0.4, -0.2) is 6.04 Å². The highest BCUT2D eigenvalue weighted by Crippen LogP contribution is 2.29. The van der Waals surface area contributed by atoms with Gasteiger partial charge in [-0.2, -0.15) is 0 Å². The molecule has 0 saturated heterocycles. The second-order valence-corrected chi connectivity index (χ2v) is 6.69. The molecule has 2 N–H and O–H groups in total. The summed E-state index contributed by atoms with van der Waals surface area (Å²) in [5.41, 5.74) is 8.25. The molecule has 0 heterocycles. The highest BCUT2D eigenvalue weighted by molar-refractivity contribution is 9.10. The topological polar surface area (TPSA) is 35.2 Å². The third-order valence-electron chi connectivity index (χ3n) is 3.05. The van der Waals surface area contributed by atoms with E-state index in [1.54, 1.807) is 0 Å². The minimum Gasteiger partial charge on any atom is -0.484 e. The van der Waals surface area contributed by atoms with Crippen molar-refractivity contribution in [2.24, 2.45) is 5.73 Å². The summed E-state index contributed by atoms with van der Waals surface area (Å²) in [5.74, 6) is 0.857. The summed E-state index contributed by atoms with van der Waals surface area (Å²) in [6.07, 6.45) is -0.174. The van der Waals surface area contributed by atoms with Gasteiger partial charge in [0.1, 0.15) is 11.9 Å². The van der Waals surface area contributed by atoms with Crippen molar-refractivity contribution in [3.8, 4) is 5.75 Å². The summed E-state index contributed by atoms with van der Waals surface area (Å²) in [7, 11) is 0. The van der Waals surface area contributed by atoms with Crippen LogP contribution in [0.5, 0.6) is 5.75 Å². The third kappa shape index (κ3) is 3.84. The quantitative estimate of drug-likeness (QED) is 0.787. The van der Waals surface area contributed by atoms with Gasteiger partial charge < -0.3 is 10.5 Å². The normalized spacial score (nSPS) is 13.8. The zero-order valence-electron chi connectivity index (χ0n) is 11.4. The fourth-order valence-electron chi connectivity index (χ4n) is 2.04. The van der Waals surface area contributed by atoms with Gasteiger partial charge in [-0.25, -0.2) is 0 Å². The van der Waals surface area contributed by atoms with Gasteiger partial charge in [0.2, 0.25) is 0 Å². The van der Waals surface area contributed by atoms with Crippen LogP contribution in [0.25, 0.3) is 0 Å². The van der Waals surface area contributed by atoms with Crippen LogP contribution in [0.1, 0.15) is 24.2 Å². The molecule has 2 nitrogen and oxygen atoms in total. The van der Waals surface area contributed by atoms with Gasteiger partial charge in [-0.15, -0.1) is 0 Å². The van der Waals surface area contributed by atoms with Crippen LogP contribution in [0.2, 0.25) is 0 Å². The van der Waals surface area contributed by atoms with Crippen molar-refractivity contribution in [2.45, 2.75) is 26.0 Å². The number of hydrogen-bond donors (Lipinski definition) is 1. The Morgan fingerprint density at radius 1 is 1.05 bits per heavy atom. The molecule has 0 spiro atoms. The highest BCUT2D eigenvalue weighted by atomic mass is 79.9. The lowest BCUT2D eigenvalue weighted by Gasteiger charge is -2.24. The van der Waals surface area contributed by atoms with Crippen molar-refractivity contribution >= 4 is 31.9 Å². The Balaban J connectivity index is 2.30. The lowest BCUT2D eigenvalue weighted by molar-refractivity contribution is 0.179. The van der Waals surface area contributed by atoms with Crippen molar-refractivity contribution in [3.05, 3.63) is 62.5 Å². The van der Waals surface area contributed by atoms with Crippen molar-refractivity contribution in [2.75, 3.05) is 0 Å². The summed E-state index contributed by atoms with van der Waals surface area (Å²) in [6, 6.07) is 13.9. The van der Waals surface area contributed by atoms with E-state index in [0.29, 0.717) is 0 Å². The molecule has 106 valence electrons. The van der Waals surface area contributed by atoms with Gasteiger partial charge in [0.05, 0.1) is 0 Å². The molecule has 4 heteroatoms. The Bertz CT molecular complexity index is 599. The van der Waals surface area contributed by atoms with E-state index in [-0.39, 0.29) is 12.1 Å². The first kappa shape index (κ1) is 15.5.